The van der Waals surface area contributed by atoms with Crippen molar-refractivity contribution in [1.82, 2.24) is 15.1 Å². The number of hydrogen-bond donors (Lipinski definition) is 1. The SMILES string of the molecule is COc1cccc2cc(C(=O)N3CCC4(CC3)CCN(C(=O)C3CCCCC3NC(=O)c3ccccc3)C4)oc12. The number of piperidine rings is 1. The van der Waals surface area contributed by atoms with Gasteiger partial charge in [-0.05, 0) is 61.8 Å². The zero-order chi connectivity index (χ0) is 27.7. The largest absolute Gasteiger partial charge is 0.493 e. The molecule has 2 aromatic carbocycles. The second kappa shape index (κ2) is 11.0. The Balaban J connectivity index is 1.07. The van der Waals surface area contributed by atoms with Crippen LogP contribution in [0.3, 0.4) is 0 Å². The third-order valence-electron chi connectivity index (χ3n) is 9.24. The molecule has 1 aromatic heterocycles. The van der Waals surface area contributed by atoms with Crippen LogP contribution >= 0.6 is 0 Å². The molecule has 1 saturated carbocycles. The normalized spacial score (nSPS) is 22.4. The van der Waals surface area contributed by atoms with Gasteiger partial charge in [-0.2, -0.15) is 0 Å². The fraction of sp³-hybridized carbons (Fsp3) is 0.469. The minimum Gasteiger partial charge on any atom is -0.493 e. The Morgan fingerprint density at radius 1 is 0.925 bits per heavy atom. The van der Waals surface area contributed by atoms with Gasteiger partial charge in [0, 0.05) is 43.2 Å². The molecule has 3 aromatic rings. The lowest BCUT2D eigenvalue weighted by Crippen LogP contribution is -2.50. The Labute approximate surface area is 234 Å². The number of rotatable bonds is 5. The highest BCUT2D eigenvalue weighted by Crippen LogP contribution is 2.42. The number of methoxy groups -OCH3 is 1. The standard InChI is InChI=1S/C32H37N3O5/c1-39-26-13-7-10-23-20-27(40-28(23)26)31(38)34-17-14-32(15-18-34)16-19-35(21-32)30(37)24-11-5-6-12-25(24)33-29(36)22-8-3-2-4-9-22/h2-4,7-10,13,20,24-25H,5-6,11-12,14-19,21H2,1H3,(H,33,36). The number of fused-ring (bicyclic) bond motifs is 1. The average Bonchev–Trinajstić information content (AvgIpc) is 3.62. The number of nitrogens with zero attached hydrogens (tertiary/aromatic N) is 2. The number of likely N-dealkylation sites (tertiary alicyclic amines) is 2. The quantitative estimate of drug-likeness (QED) is 0.495. The van der Waals surface area contributed by atoms with Crippen LogP contribution < -0.4 is 10.1 Å². The second-order valence-corrected chi connectivity index (χ2v) is 11.6. The predicted octanol–water partition coefficient (Wildman–Crippen LogP) is 4.88. The number of benzene rings is 2. The molecule has 8 nitrogen and oxygen atoms in total. The van der Waals surface area contributed by atoms with Crippen LogP contribution in [0.2, 0.25) is 0 Å². The summed E-state index contributed by atoms with van der Waals surface area (Å²) in [6, 6.07) is 16.5. The van der Waals surface area contributed by atoms with Gasteiger partial charge in [0.05, 0.1) is 13.0 Å². The van der Waals surface area contributed by atoms with Gasteiger partial charge >= 0.3 is 0 Å². The maximum Gasteiger partial charge on any atom is 0.289 e. The van der Waals surface area contributed by atoms with Crippen molar-refractivity contribution in [3.05, 3.63) is 65.9 Å². The molecule has 3 aliphatic rings. The molecule has 8 heteroatoms. The van der Waals surface area contributed by atoms with Crippen molar-refractivity contribution >= 4 is 28.7 Å². The van der Waals surface area contributed by atoms with Crippen molar-refractivity contribution in [2.24, 2.45) is 11.3 Å². The number of furan rings is 1. The van der Waals surface area contributed by atoms with E-state index in [1.165, 1.54) is 0 Å². The van der Waals surface area contributed by atoms with E-state index in [1.54, 1.807) is 25.3 Å². The Bertz CT molecular complexity index is 1390. The molecule has 2 saturated heterocycles. The van der Waals surface area contributed by atoms with Crippen LogP contribution in [0.1, 0.15) is 65.9 Å². The minimum atomic E-state index is -0.177. The highest BCUT2D eigenvalue weighted by molar-refractivity contribution is 5.97. The molecule has 1 spiro atoms. The molecule has 3 amide bonds. The monoisotopic (exact) mass is 543 g/mol. The van der Waals surface area contributed by atoms with E-state index in [9.17, 15) is 14.4 Å². The maximum atomic E-state index is 13.7. The molecule has 40 heavy (non-hydrogen) atoms. The number of carbonyl (C=O) groups is 3. The molecule has 3 heterocycles. The third-order valence-corrected chi connectivity index (χ3v) is 9.24. The van der Waals surface area contributed by atoms with E-state index >= 15 is 0 Å². The fourth-order valence-corrected chi connectivity index (χ4v) is 6.85. The van der Waals surface area contributed by atoms with Crippen molar-refractivity contribution in [2.75, 3.05) is 33.3 Å². The molecular weight excluding hydrogens is 506 g/mol. The molecule has 6 rings (SSSR count). The molecule has 0 radical (unpaired) electrons. The van der Waals surface area contributed by atoms with Gasteiger partial charge in [-0.15, -0.1) is 0 Å². The molecule has 2 atom stereocenters. The first-order chi connectivity index (χ1) is 19.5. The zero-order valence-corrected chi connectivity index (χ0v) is 23.1. The van der Waals surface area contributed by atoms with Crippen LogP contribution in [-0.4, -0.2) is 66.9 Å². The summed E-state index contributed by atoms with van der Waals surface area (Å²) in [5, 5.41) is 4.01. The highest BCUT2D eigenvalue weighted by Gasteiger charge is 2.45. The Morgan fingerprint density at radius 2 is 1.65 bits per heavy atom. The maximum absolute atomic E-state index is 13.7. The van der Waals surface area contributed by atoms with E-state index in [2.05, 4.69) is 5.32 Å². The first-order valence-electron chi connectivity index (χ1n) is 14.5. The number of ether oxygens (including phenoxy) is 1. The average molecular weight is 544 g/mol. The summed E-state index contributed by atoms with van der Waals surface area (Å²) in [7, 11) is 1.59. The fourth-order valence-electron chi connectivity index (χ4n) is 6.85. The third kappa shape index (κ3) is 5.07. The van der Waals surface area contributed by atoms with Gasteiger partial charge in [0.1, 0.15) is 0 Å². The van der Waals surface area contributed by atoms with Crippen molar-refractivity contribution in [3.63, 3.8) is 0 Å². The molecule has 3 fully saturated rings. The summed E-state index contributed by atoms with van der Waals surface area (Å²) in [5.74, 6) is 0.735. The highest BCUT2D eigenvalue weighted by atomic mass is 16.5. The predicted molar refractivity (Wildman–Crippen MR) is 151 cm³/mol. The Hall–Kier alpha value is -3.81. The van der Waals surface area contributed by atoms with Gasteiger partial charge in [-0.3, -0.25) is 14.4 Å². The van der Waals surface area contributed by atoms with Gasteiger partial charge < -0.3 is 24.3 Å². The lowest BCUT2D eigenvalue weighted by molar-refractivity contribution is -0.136. The van der Waals surface area contributed by atoms with Gasteiger partial charge in [-0.1, -0.05) is 43.2 Å². The van der Waals surface area contributed by atoms with Crippen molar-refractivity contribution in [1.29, 1.82) is 0 Å². The van der Waals surface area contributed by atoms with Crippen LogP contribution in [0.25, 0.3) is 11.0 Å². The summed E-state index contributed by atoms with van der Waals surface area (Å²) < 4.78 is 11.3. The molecule has 2 aliphatic heterocycles. The summed E-state index contributed by atoms with van der Waals surface area (Å²) in [6.45, 7) is 2.76. The second-order valence-electron chi connectivity index (χ2n) is 11.6. The van der Waals surface area contributed by atoms with Gasteiger partial charge in [0.25, 0.3) is 11.8 Å². The molecule has 2 unspecified atom stereocenters. The van der Waals surface area contributed by atoms with Crippen molar-refractivity contribution < 1.29 is 23.5 Å². The van der Waals surface area contributed by atoms with Crippen molar-refractivity contribution in [2.45, 2.75) is 51.0 Å². The number of hydrogen-bond acceptors (Lipinski definition) is 5. The van der Waals surface area contributed by atoms with Gasteiger partial charge in [-0.25, -0.2) is 0 Å². The number of amides is 3. The first-order valence-corrected chi connectivity index (χ1v) is 14.5. The van der Waals surface area contributed by atoms with E-state index in [0.29, 0.717) is 35.7 Å². The topological polar surface area (TPSA) is 92.1 Å². The van der Waals surface area contributed by atoms with Crippen LogP contribution in [0.4, 0.5) is 0 Å². The lowest BCUT2D eigenvalue weighted by Gasteiger charge is -2.39. The van der Waals surface area contributed by atoms with Crippen molar-refractivity contribution in [3.8, 4) is 5.75 Å². The summed E-state index contributed by atoms with van der Waals surface area (Å²) >= 11 is 0. The smallest absolute Gasteiger partial charge is 0.289 e. The number of nitrogens with one attached hydrogen (secondary N) is 1. The molecule has 1 aliphatic carbocycles. The number of para-hydroxylation sites is 1. The number of carbonyl (C=O) groups excluding carboxylic acids is 3. The first kappa shape index (κ1) is 26.4. The van der Waals surface area contributed by atoms with Crippen LogP contribution in [0, 0.1) is 11.3 Å². The minimum absolute atomic E-state index is 0.0426. The van der Waals surface area contributed by atoms with Crippen LogP contribution in [0.5, 0.6) is 5.75 Å². The van der Waals surface area contributed by atoms with E-state index < -0.39 is 0 Å². The Kier molecular flexibility index (Phi) is 7.26. The van der Waals surface area contributed by atoms with E-state index in [0.717, 1.165) is 63.4 Å². The Morgan fingerprint density at radius 3 is 2.40 bits per heavy atom. The zero-order valence-electron chi connectivity index (χ0n) is 23.1. The molecular formula is C32H37N3O5. The summed E-state index contributed by atoms with van der Waals surface area (Å²) in [5.41, 5.74) is 1.26. The van der Waals surface area contributed by atoms with Crippen LogP contribution in [0.15, 0.2) is 59.0 Å². The lowest BCUT2D eigenvalue weighted by atomic mass is 9.77. The summed E-state index contributed by atoms with van der Waals surface area (Å²) in [4.78, 5) is 43.7. The molecule has 1 N–H and O–H groups in total. The summed E-state index contributed by atoms with van der Waals surface area (Å²) in [6.07, 6.45) is 6.37. The molecule has 0 bridgehead atoms. The van der Waals surface area contributed by atoms with Crippen LogP contribution in [-0.2, 0) is 4.79 Å². The molecule has 210 valence electrons. The van der Waals surface area contributed by atoms with E-state index in [-0.39, 0.29) is 35.1 Å². The van der Waals surface area contributed by atoms with E-state index in [1.807, 2.05) is 46.2 Å². The van der Waals surface area contributed by atoms with Gasteiger partial charge in [0.2, 0.25) is 5.91 Å². The van der Waals surface area contributed by atoms with E-state index in [4.69, 9.17) is 9.15 Å². The van der Waals surface area contributed by atoms with Gasteiger partial charge in [0.15, 0.2) is 17.1 Å².